The van der Waals surface area contributed by atoms with E-state index in [1.165, 1.54) is 31.2 Å². The fourth-order valence-electron chi connectivity index (χ4n) is 2.76. The highest BCUT2D eigenvalue weighted by Gasteiger charge is 2.24. The van der Waals surface area contributed by atoms with Crippen molar-refractivity contribution >= 4 is 11.6 Å². The number of phenols is 1. The predicted octanol–water partition coefficient (Wildman–Crippen LogP) is 3.98. The van der Waals surface area contributed by atoms with E-state index >= 15 is 0 Å². The fraction of sp³-hybridized carbons (Fsp3) is 0.571. The Kier molecular flexibility index (Phi) is 4.11. The van der Waals surface area contributed by atoms with Crippen LogP contribution in [0.1, 0.15) is 31.2 Å². The Morgan fingerprint density at radius 3 is 2.69 bits per heavy atom. The van der Waals surface area contributed by atoms with Crippen molar-refractivity contribution in [3.63, 3.8) is 0 Å². The number of aromatic hydroxyl groups is 1. The van der Waals surface area contributed by atoms with Gasteiger partial charge in [-0.05, 0) is 36.0 Å². The van der Waals surface area contributed by atoms with Crippen LogP contribution in [0.3, 0.4) is 0 Å². The summed E-state index contributed by atoms with van der Waals surface area (Å²) in [5.74, 6) is 2.46. The van der Waals surface area contributed by atoms with E-state index in [9.17, 15) is 5.11 Å². The van der Waals surface area contributed by atoms with Crippen LogP contribution in [-0.2, 0) is 6.42 Å². The van der Waals surface area contributed by atoms with Gasteiger partial charge in [0.1, 0.15) is 5.75 Å². The first-order valence-electron chi connectivity index (χ1n) is 6.13. The van der Waals surface area contributed by atoms with Crippen LogP contribution in [0.15, 0.2) is 24.3 Å². The van der Waals surface area contributed by atoms with Crippen LogP contribution >= 0.6 is 11.6 Å². The predicted molar refractivity (Wildman–Crippen MR) is 68.0 cm³/mol. The van der Waals surface area contributed by atoms with Crippen molar-refractivity contribution in [1.29, 1.82) is 0 Å². The van der Waals surface area contributed by atoms with Crippen LogP contribution in [0.25, 0.3) is 0 Å². The number of benzene rings is 1. The lowest BCUT2D eigenvalue weighted by molar-refractivity contribution is 0.368. The van der Waals surface area contributed by atoms with E-state index in [0.29, 0.717) is 11.7 Å². The van der Waals surface area contributed by atoms with E-state index in [1.807, 2.05) is 12.1 Å². The second kappa shape index (κ2) is 5.58. The van der Waals surface area contributed by atoms with Crippen LogP contribution in [0.4, 0.5) is 0 Å². The first-order chi connectivity index (χ1) is 7.79. The molecule has 16 heavy (non-hydrogen) atoms. The van der Waals surface area contributed by atoms with E-state index in [1.54, 1.807) is 6.07 Å². The Morgan fingerprint density at radius 1 is 1.31 bits per heavy atom. The van der Waals surface area contributed by atoms with Crippen molar-refractivity contribution in [3.8, 4) is 5.75 Å². The van der Waals surface area contributed by atoms with Crippen LogP contribution < -0.4 is 0 Å². The van der Waals surface area contributed by atoms with E-state index < -0.39 is 0 Å². The van der Waals surface area contributed by atoms with Gasteiger partial charge in [-0.2, -0.15) is 0 Å². The molecule has 0 spiro atoms. The van der Waals surface area contributed by atoms with Crippen molar-refractivity contribution in [2.24, 2.45) is 11.8 Å². The molecule has 1 aliphatic rings. The van der Waals surface area contributed by atoms with Gasteiger partial charge in [-0.15, -0.1) is 11.6 Å². The van der Waals surface area contributed by atoms with E-state index in [0.717, 1.165) is 18.2 Å². The lowest BCUT2D eigenvalue weighted by atomic mass is 9.87. The van der Waals surface area contributed by atoms with E-state index in [4.69, 9.17) is 11.6 Å². The van der Waals surface area contributed by atoms with Gasteiger partial charge in [-0.1, -0.05) is 37.8 Å². The second-order valence-electron chi connectivity index (χ2n) is 4.83. The summed E-state index contributed by atoms with van der Waals surface area (Å²) in [6.45, 7) is 0. The topological polar surface area (TPSA) is 20.2 Å². The molecule has 2 rings (SSSR count). The molecule has 88 valence electrons. The molecule has 1 atom stereocenters. The SMILES string of the molecule is Oc1cccc(CC(CCl)C2CCCC2)c1. The molecule has 0 saturated heterocycles. The van der Waals surface area contributed by atoms with Gasteiger partial charge in [0.15, 0.2) is 0 Å². The minimum absolute atomic E-state index is 0.359. The Labute approximate surface area is 102 Å². The maximum atomic E-state index is 9.43. The quantitative estimate of drug-likeness (QED) is 0.787. The monoisotopic (exact) mass is 238 g/mol. The van der Waals surface area contributed by atoms with Crippen LogP contribution in [0, 0.1) is 11.8 Å². The average Bonchev–Trinajstić information content (AvgIpc) is 2.79. The molecule has 2 heteroatoms. The van der Waals surface area contributed by atoms with Crippen molar-refractivity contribution in [3.05, 3.63) is 29.8 Å². The highest BCUT2D eigenvalue weighted by molar-refractivity contribution is 6.18. The van der Waals surface area contributed by atoms with Gasteiger partial charge in [0, 0.05) is 5.88 Å². The molecule has 0 bridgehead atoms. The summed E-state index contributed by atoms with van der Waals surface area (Å²) in [7, 11) is 0. The number of alkyl halides is 1. The first-order valence-corrected chi connectivity index (χ1v) is 6.67. The third-order valence-corrected chi connectivity index (χ3v) is 4.07. The molecular formula is C14H19ClO. The van der Waals surface area contributed by atoms with Crippen LogP contribution in [-0.4, -0.2) is 11.0 Å². The van der Waals surface area contributed by atoms with Crippen molar-refractivity contribution in [1.82, 2.24) is 0 Å². The molecule has 1 nitrogen and oxygen atoms in total. The average molecular weight is 239 g/mol. The summed E-state index contributed by atoms with van der Waals surface area (Å²) < 4.78 is 0. The normalized spacial score (nSPS) is 18.8. The minimum Gasteiger partial charge on any atom is -0.508 e. The summed E-state index contributed by atoms with van der Waals surface area (Å²) >= 11 is 6.07. The molecule has 1 N–H and O–H groups in total. The van der Waals surface area contributed by atoms with E-state index in [-0.39, 0.29) is 0 Å². The zero-order chi connectivity index (χ0) is 11.4. The smallest absolute Gasteiger partial charge is 0.115 e. The molecular weight excluding hydrogens is 220 g/mol. The standard InChI is InChI=1S/C14H19ClO/c15-10-13(12-5-1-2-6-12)8-11-4-3-7-14(16)9-11/h3-4,7,9,12-13,16H,1-2,5-6,8,10H2. The highest BCUT2D eigenvalue weighted by Crippen LogP contribution is 2.34. The molecule has 1 aromatic rings. The number of hydrogen-bond donors (Lipinski definition) is 1. The first kappa shape index (κ1) is 11.8. The molecule has 1 saturated carbocycles. The third-order valence-electron chi connectivity index (χ3n) is 3.67. The molecule has 1 aliphatic carbocycles. The van der Waals surface area contributed by atoms with Crippen LogP contribution in [0.5, 0.6) is 5.75 Å². The highest BCUT2D eigenvalue weighted by atomic mass is 35.5. The molecule has 1 fully saturated rings. The molecule has 1 unspecified atom stereocenters. The Bertz CT molecular complexity index is 331. The Balaban J connectivity index is 2.00. The van der Waals surface area contributed by atoms with Gasteiger partial charge in [-0.3, -0.25) is 0 Å². The Morgan fingerprint density at radius 2 is 2.06 bits per heavy atom. The molecule has 0 radical (unpaired) electrons. The summed E-state index contributed by atoms with van der Waals surface area (Å²) in [4.78, 5) is 0. The largest absolute Gasteiger partial charge is 0.508 e. The molecule has 0 amide bonds. The Hall–Kier alpha value is -0.690. The molecule has 1 aromatic carbocycles. The summed E-state index contributed by atoms with van der Waals surface area (Å²) in [6.07, 6.45) is 6.38. The van der Waals surface area contributed by atoms with Crippen molar-refractivity contribution in [2.45, 2.75) is 32.1 Å². The van der Waals surface area contributed by atoms with Gasteiger partial charge in [0.05, 0.1) is 0 Å². The maximum absolute atomic E-state index is 9.43. The molecule has 0 aliphatic heterocycles. The van der Waals surface area contributed by atoms with Gasteiger partial charge in [0.2, 0.25) is 0 Å². The molecule has 0 aromatic heterocycles. The fourth-order valence-corrected chi connectivity index (χ4v) is 3.12. The lowest BCUT2D eigenvalue weighted by Gasteiger charge is -2.21. The maximum Gasteiger partial charge on any atom is 0.115 e. The lowest BCUT2D eigenvalue weighted by Crippen LogP contribution is -2.16. The molecule has 0 heterocycles. The van der Waals surface area contributed by atoms with Gasteiger partial charge in [0.25, 0.3) is 0 Å². The zero-order valence-corrected chi connectivity index (χ0v) is 10.3. The number of halogens is 1. The number of rotatable bonds is 4. The van der Waals surface area contributed by atoms with Crippen molar-refractivity contribution < 1.29 is 5.11 Å². The summed E-state index contributed by atoms with van der Waals surface area (Å²) in [5, 5.41) is 9.43. The minimum atomic E-state index is 0.359. The van der Waals surface area contributed by atoms with Gasteiger partial charge < -0.3 is 5.11 Å². The summed E-state index contributed by atoms with van der Waals surface area (Å²) in [6, 6.07) is 7.56. The second-order valence-corrected chi connectivity index (χ2v) is 5.14. The third kappa shape index (κ3) is 2.91. The van der Waals surface area contributed by atoms with E-state index in [2.05, 4.69) is 6.07 Å². The summed E-state index contributed by atoms with van der Waals surface area (Å²) in [5.41, 5.74) is 1.21. The van der Waals surface area contributed by atoms with Gasteiger partial charge in [-0.25, -0.2) is 0 Å². The number of hydrogen-bond acceptors (Lipinski definition) is 1. The van der Waals surface area contributed by atoms with Crippen molar-refractivity contribution in [2.75, 3.05) is 5.88 Å². The van der Waals surface area contributed by atoms with Gasteiger partial charge >= 0.3 is 0 Å². The van der Waals surface area contributed by atoms with Crippen LogP contribution in [0.2, 0.25) is 0 Å². The zero-order valence-electron chi connectivity index (χ0n) is 9.53. The number of phenolic OH excluding ortho intramolecular Hbond substituents is 1.